The van der Waals surface area contributed by atoms with Gasteiger partial charge in [-0.05, 0) is 43.4 Å². The number of carbonyl (C=O) groups is 1. The predicted molar refractivity (Wildman–Crippen MR) is 98.5 cm³/mol. The lowest BCUT2D eigenvalue weighted by molar-refractivity contribution is -0.125. The fraction of sp³-hybridized carbons (Fsp3) is 0.556. The number of anilines is 1. The van der Waals surface area contributed by atoms with Crippen molar-refractivity contribution < 1.29 is 4.79 Å². The minimum Gasteiger partial charge on any atom is -0.356 e. The van der Waals surface area contributed by atoms with Gasteiger partial charge in [0.2, 0.25) is 11.9 Å². The third-order valence-electron chi connectivity index (χ3n) is 4.54. The van der Waals surface area contributed by atoms with E-state index in [-0.39, 0.29) is 11.8 Å². The number of imidazole rings is 1. The normalized spacial score (nSPS) is 18.3. The second-order valence-electron chi connectivity index (χ2n) is 6.98. The molecule has 5 nitrogen and oxygen atoms in total. The van der Waals surface area contributed by atoms with Crippen LogP contribution in [0.25, 0.3) is 11.0 Å². The van der Waals surface area contributed by atoms with E-state index in [9.17, 15) is 4.79 Å². The highest BCUT2D eigenvalue weighted by molar-refractivity contribution is 6.31. The van der Waals surface area contributed by atoms with E-state index in [0.29, 0.717) is 17.5 Å². The molecule has 1 amide bonds. The van der Waals surface area contributed by atoms with E-state index < -0.39 is 0 Å². The van der Waals surface area contributed by atoms with Crippen LogP contribution in [0.1, 0.15) is 33.1 Å². The Morgan fingerprint density at radius 1 is 1.50 bits per heavy atom. The molecule has 0 bridgehead atoms. The monoisotopic (exact) mass is 348 g/mol. The van der Waals surface area contributed by atoms with Gasteiger partial charge in [0, 0.05) is 24.7 Å². The van der Waals surface area contributed by atoms with Gasteiger partial charge in [-0.3, -0.25) is 4.79 Å². The van der Waals surface area contributed by atoms with E-state index >= 15 is 0 Å². The third kappa shape index (κ3) is 4.01. The number of hydrogen-bond acceptors (Lipinski definition) is 3. The summed E-state index contributed by atoms with van der Waals surface area (Å²) in [6, 6.07) is 5.64. The molecule has 1 fully saturated rings. The van der Waals surface area contributed by atoms with Crippen LogP contribution in [0.5, 0.6) is 0 Å². The second kappa shape index (κ2) is 7.43. The average Bonchev–Trinajstić information content (AvgIpc) is 2.97. The Balaban J connectivity index is 1.64. The average molecular weight is 349 g/mol. The van der Waals surface area contributed by atoms with Crippen LogP contribution in [0.3, 0.4) is 0 Å². The molecule has 3 rings (SSSR count). The summed E-state index contributed by atoms with van der Waals surface area (Å²) >= 11 is 6.03. The maximum Gasteiger partial charge on any atom is 0.224 e. The number of nitrogens with zero attached hydrogens (tertiary/aromatic N) is 2. The SMILES string of the molecule is CC(C)CCNC(=O)C1CCCN(c2nc3ccc(Cl)cc3[nH]2)C1. The van der Waals surface area contributed by atoms with Crippen molar-refractivity contribution in [2.45, 2.75) is 33.1 Å². The Morgan fingerprint density at radius 2 is 2.33 bits per heavy atom. The molecule has 2 N–H and O–H groups in total. The lowest BCUT2D eigenvalue weighted by Crippen LogP contribution is -2.43. The topological polar surface area (TPSA) is 61.0 Å². The van der Waals surface area contributed by atoms with Crippen LogP contribution in [0.4, 0.5) is 5.95 Å². The van der Waals surface area contributed by atoms with Crippen molar-refractivity contribution in [2.75, 3.05) is 24.5 Å². The lowest BCUT2D eigenvalue weighted by Gasteiger charge is -2.31. The summed E-state index contributed by atoms with van der Waals surface area (Å²) in [5, 5.41) is 3.77. The van der Waals surface area contributed by atoms with Crippen molar-refractivity contribution >= 4 is 34.5 Å². The van der Waals surface area contributed by atoms with Gasteiger partial charge in [0.15, 0.2) is 0 Å². The summed E-state index contributed by atoms with van der Waals surface area (Å²) in [7, 11) is 0. The zero-order valence-electron chi connectivity index (χ0n) is 14.3. The number of fused-ring (bicyclic) bond motifs is 1. The Hall–Kier alpha value is -1.75. The van der Waals surface area contributed by atoms with Crippen molar-refractivity contribution in [3.8, 4) is 0 Å². The minimum atomic E-state index is 0.0303. The number of piperidine rings is 1. The molecule has 0 radical (unpaired) electrons. The van der Waals surface area contributed by atoms with Gasteiger partial charge in [-0.25, -0.2) is 4.98 Å². The van der Waals surface area contributed by atoms with Gasteiger partial charge in [0.1, 0.15) is 0 Å². The van der Waals surface area contributed by atoms with Gasteiger partial charge in [-0.2, -0.15) is 0 Å². The number of aromatic nitrogens is 2. The van der Waals surface area contributed by atoms with Gasteiger partial charge < -0.3 is 15.2 Å². The number of amides is 1. The maximum atomic E-state index is 12.4. The first-order chi connectivity index (χ1) is 11.5. The van der Waals surface area contributed by atoms with Crippen molar-refractivity contribution in [3.05, 3.63) is 23.2 Å². The number of carbonyl (C=O) groups excluding carboxylic acids is 1. The largest absolute Gasteiger partial charge is 0.356 e. The number of hydrogen-bond donors (Lipinski definition) is 2. The number of H-pyrrole nitrogens is 1. The molecule has 1 aromatic heterocycles. The molecule has 1 aliphatic rings. The van der Waals surface area contributed by atoms with Crippen LogP contribution in [0.2, 0.25) is 5.02 Å². The third-order valence-corrected chi connectivity index (χ3v) is 4.78. The van der Waals surface area contributed by atoms with Gasteiger partial charge >= 0.3 is 0 Å². The van der Waals surface area contributed by atoms with Crippen molar-refractivity contribution in [3.63, 3.8) is 0 Å². The van der Waals surface area contributed by atoms with E-state index in [2.05, 4.69) is 34.0 Å². The first-order valence-electron chi connectivity index (χ1n) is 8.71. The molecule has 2 aromatic rings. The molecule has 1 unspecified atom stereocenters. The molecular formula is C18H25ClN4O. The zero-order valence-corrected chi connectivity index (χ0v) is 15.1. The van der Waals surface area contributed by atoms with Crippen LogP contribution in [0.15, 0.2) is 18.2 Å². The van der Waals surface area contributed by atoms with E-state index in [1.807, 2.05) is 18.2 Å². The number of nitrogens with one attached hydrogen (secondary N) is 2. The van der Waals surface area contributed by atoms with Crippen molar-refractivity contribution in [1.29, 1.82) is 0 Å². The molecule has 6 heteroatoms. The van der Waals surface area contributed by atoms with Crippen LogP contribution in [0, 0.1) is 11.8 Å². The summed E-state index contributed by atoms with van der Waals surface area (Å²) in [6.07, 6.45) is 2.96. The van der Waals surface area contributed by atoms with Crippen molar-refractivity contribution in [2.24, 2.45) is 11.8 Å². The molecule has 1 saturated heterocycles. The first-order valence-corrected chi connectivity index (χ1v) is 9.08. The van der Waals surface area contributed by atoms with Crippen LogP contribution < -0.4 is 10.2 Å². The lowest BCUT2D eigenvalue weighted by atomic mass is 9.97. The number of benzene rings is 1. The Labute approximate surface area is 147 Å². The first kappa shape index (κ1) is 17.1. The molecule has 2 heterocycles. The van der Waals surface area contributed by atoms with E-state index in [4.69, 9.17) is 11.6 Å². The van der Waals surface area contributed by atoms with Gasteiger partial charge in [-0.15, -0.1) is 0 Å². The molecule has 1 atom stereocenters. The van der Waals surface area contributed by atoms with E-state index in [0.717, 1.165) is 49.3 Å². The number of aromatic amines is 1. The molecule has 0 saturated carbocycles. The Kier molecular flexibility index (Phi) is 5.29. The minimum absolute atomic E-state index is 0.0303. The zero-order chi connectivity index (χ0) is 17.1. The van der Waals surface area contributed by atoms with Crippen LogP contribution >= 0.6 is 11.6 Å². The van der Waals surface area contributed by atoms with Gasteiger partial charge in [0.25, 0.3) is 0 Å². The van der Waals surface area contributed by atoms with Gasteiger partial charge in [-0.1, -0.05) is 25.4 Å². The molecule has 1 aliphatic heterocycles. The highest BCUT2D eigenvalue weighted by atomic mass is 35.5. The maximum absolute atomic E-state index is 12.4. The molecule has 0 spiro atoms. The fourth-order valence-corrected chi connectivity index (χ4v) is 3.30. The number of rotatable bonds is 5. The summed E-state index contributed by atoms with van der Waals surface area (Å²) in [6.45, 7) is 6.73. The van der Waals surface area contributed by atoms with E-state index in [1.54, 1.807) is 0 Å². The molecule has 24 heavy (non-hydrogen) atoms. The van der Waals surface area contributed by atoms with Crippen LogP contribution in [-0.4, -0.2) is 35.5 Å². The molecule has 130 valence electrons. The smallest absolute Gasteiger partial charge is 0.224 e. The Morgan fingerprint density at radius 3 is 3.12 bits per heavy atom. The summed E-state index contributed by atoms with van der Waals surface area (Å²) in [5.41, 5.74) is 1.83. The summed E-state index contributed by atoms with van der Waals surface area (Å²) < 4.78 is 0. The van der Waals surface area contributed by atoms with E-state index in [1.165, 1.54) is 0 Å². The molecular weight excluding hydrogens is 324 g/mol. The fourth-order valence-electron chi connectivity index (χ4n) is 3.13. The Bertz CT molecular complexity index is 712. The standard InChI is InChI=1S/C18H25ClN4O/c1-12(2)7-8-20-17(24)13-4-3-9-23(11-13)18-21-15-6-5-14(19)10-16(15)22-18/h5-6,10,12-13H,3-4,7-9,11H2,1-2H3,(H,20,24)(H,21,22). The highest BCUT2D eigenvalue weighted by Crippen LogP contribution is 2.25. The highest BCUT2D eigenvalue weighted by Gasteiger charge is 2.27. The second-order valence-corrected chi connectivity index (χ2v) is 7.42. The summed E-state index contributed by atoms with van der Waals surface area (Å²) in [4.78, 5) is 22.5. The van der Waals surface area contributed by atoms with Crippen molar-refractivity contribution in [1.82, 2.24) is 15.3 Å². The predicted octanol–water partition coefficient (Wildman–Crippen LogP) is 3.60. The molecule has 1 aromatic carbocycles. The molecule has 0 aliphatic carbocycles. The quantitative estimate of drug-likeness (QED) is 0.868. The van der Waals surface area contributed by atoms with Crippen LogP contribution in [-0.2, 0) is 4.79 Å². The van der Waals surface area contributed by atoms with Gasteiger partial charge in [0.05, 0.1) is 17.0 Å². The summed E-state index contributed by atoms with van der Waals surface area (Å²) in [5.74, 6) is 1.63. The number of halogens is 1.